The molecule has 0 unspecified atom stereocenters. The number of carbonyl (C=O) groups is 2. The van der Waals surface area contributed by atoms with Gasteiger partial charge in [-0.05, 0) is 0 Å². The largest absolute Gasteiger partial charge is 1.00 e. The minimum Gasteiger partial charge on any atom is -0.473 e. The maximum Gasteiger partial charge on any atom is 1.00 e. The topological polar surface area (TPSA) is 135 Å². The molecule has 0 fully saturated rings. The van der Waals surface area contributed by atoms with Crippen LogP contribution in [0.15, 0.2) is 0 Å². The zero-order chi connectivity index (χ0) is 11.4. The maximum atomic E-state index is 9.10. The molecule has 5 N–H and O–H groups in total. The fraction of sp³-hybridized carbons (Fsp3) is 0.400. The van der Waals surface area contributed by atoms with Gasteiger partial charge >= 0.3 is 38.1 Å². The average molecular weight is 202 g/mol. The normalized spacial score (nSPS) is 6.36. The molecule has 0 atom stereocenters. The molecule has 0 aliphatic rings. The molecule has 0 radical (unpaired) electrons. The van der Waals surface area contributed by atoms with Crippen LogP contribution in [0.25, 0.3) is 0 Å². The molecule has 14 heavy (non-hydrogen) atoms. The van der Waals surface area contributed by atoms with Crippen molar-refractivity contribution in [1.82, 2.24) is 0 Å². The van der Waals surface area contributed by atoms with Gasteiger partial charge in [0, 0.05) is 0 Å². The molecule has 0 saturated carbocycles. The van der Waals surface area contributed by atoms with Crippen LogP contribution in [0.2, 0.25) is 0 Å². The zero-order valence-corrected chi connectivity index (χ0v) is 8.04. The number of hydrogen-bond donors (Lipinski definition) is 5. The molecule has 0 heterocycles. The standard InChI is InChI=1S/C3H7.C2H2O4.BH3O3.Li/c1-3-2;3-1(4)2(5)6;2-1(3)4;/h1,3H2,2H3;(H,3,4)(H,5,6);2-4H;/q-1;;;+1. The van der Waals surface area contributed by atoms with E-state index in [2.05, 4.69) is 6.92 Å². The van der Waals surface area contributed by atoms with Crippen molar-refractivity contribution in [2.24, 2.45) is 0 Å². The summed E-state index contributed by atoms with van der Waals surface area (Å²) >= 11 is 0. The van der Waals surface area contributed by atoms with Crippen molar-refractivity contribution in [3.63, 3.8) is 0 Å². The molecule has 7 nitrogen and oxygen atoms in total. The van der Waals surface area contributed by atoms with E-state index < -0.39 is 19.3 Å². The molecule has 0 aliphatic carbocycles. The Hall–Kier alpha value is -0.518. The van der Waals surface area contributed by atoms with Gasteiger partial charge in [-0.2, -0.15) is 6.42 Å². The first kappa shape index (κ1) is 23.4. The summed E-state index contributed by atoms with van der Waals surface area (Å²) in [4.78, 5) is 18.2. The summed E-state index contributed by atoms with van der Waals surface area (Å²) in [6.07, 6.45) is 1.00. The van der Waals surface area contributed by atoms with Crippen molar-refractivity contribution >= 4 is 19.3 Å². The number of rotatable bonds is 0. The van der Waals surface area contributed by atoms with Crippen molar-refractivity contribution in [3.05, 3.63) is 6.92 Å². The van der Waals surface area contributed by atoms with E-state index in [9.17, 15) is 0 Å². The van der Waals surface area contributed by atoms with Crippen LogP contribution in [0.5, 0.6) is 0 Å². The third-order valence-electron chi connectivity index (χ3n) is 0.183. The van der Waals surface area contributed by atoms with Crippen molar-refractivity contribution in [2.75, 3.05) is 0 Å². The first-order valence-corrected chi connectivity index (χ1v) is 3.09. The van der Waals surface area contributed by atoms with Gasteiger partial charge in [-0.3, -0.25) is 0 Å². The maximum absolute atomic E-state index is 9.10. The second kappa shape index (κ2) is 18.3. The minimum absolute atomic E-state index is 0. The summed E-state index contributed by atoms with van der Waals surface area (Å²) in [7, 11) is -2.17. The second-order valence-electron chi connectivity index (χ2n) is 1.46. The van der Waals surface area contributed by atoms with Gasteiger partial charge < -0.3 is 32.2 Å². The first-order valence-electron chi connectivity index (χ1n) is 3.09. The van der Waals surface area contributed by atoms with Crippen LogP contribution >= 0.6 is 0 Å². The van der Waals surface area contributed by atoms with Crippen LogP contribution in [0.3, 0.4) is 0 Å². The van der Waals surface area contributed by atoms with Crippen molar-refractivity contribution in [3.8, 4) is 0 Å². The Kier molecular flexibility index (Phi) is 30.5. The van der Waals surface area contributed by atoms with Crippen LogP contribution in [0, 0.1) is 6.92 Å². The molecule has 0 aromatic rings. The summed E-state index contributed by atoms with van der Waals surface area (Å²) in [6, 6.07) is 0. The Morgan fingerprint density at radius 1 is 1.14 bits per heavy atom. The predicted molar refractivity (Wildman–Crippen MR) is 43.3 cm³/mol. The van der Waals surface area contributed by atoms with Gasteiger partial charge in [0.2, 0.25) is 0 Å². The molecule has 0 aromatic heterocycles. The Morgan fingerprint density at radius 3 is 1.21 bits per heavy atom. The minimum atomic E-state index is -2.17. The molecule has 0 aromatic carbocycles. The third kappa shape index (κ3) is 104. The number of hydrogen-bond acceptors (Lipinski definition) is 5. The van der Waals surface area contributed by atoms with Gasteiger partial charge in [0.1, 0.15) is 0 Å². The molecule has 78 valence electrons. The van der Waals surface area contributed by atoms with Gasteiger partial charge in [-0.1, -0.05) is 6.92 Å². The molecule has 0 spiro atoms. The van der Waals surface area contributed by atoms with Crippen molar-refractivity contribution in [2.45, 2.75) is 13.3 Å². The SMILES string of the molecule is O=C(O)C(=O)O.OB(O)O.[CH2-]CC.[Li+]. The summed E-state index contributed by atoms with van der Waals surface area (Å²) in [5, 5.41) is 36.3. The molecule has 0 aliphatic heterocycles. The van der Waals surface area contributed by atoms with Crippen LogP contribution in [-0.4, -0.2) is 44.5 Å². The monoisotopic (exact) mass is 202 g/mol. The van der Waals surface area contributed by atoms with Gasteiger partial charge in [0.05, 0.1) is 0 Å². The van der Waals surface area contributed by atoms with Gasteiger partial charge in [0.25, 0.3) is 0 Å². The molecule has 9 heteroatoms. The Labute approximate surface area is 93.7 Å². The molecular formula is C5H12BLiO7. The quantitative estimate of drug-likeness (QED) is 0.151. The number of carboxylic acids is 2. The van der Waals surface area contributed by atoms with E-state index in [1.54, 1.807) is 0 Å². The predicted octanol–water partition coefficient (Wildman–Crippen LogP) is -4.66. The Bertz CT molecular complexity index is 125. The number of carboxylic acid groups (broad SMARTS) is 2. The summed E-state index contributed by atoms with van der Waals surface area (Å²) in [6.45, 7) is 5.50. The van der Waals surface area contributed by atoms with E-state index in [1.165, 1.54) is 0 Å². The van der Waals surface area contributed by atoms with Crippen molar-refractivity contribution < 1.29 is 53.7 Å². The van der Waals surface area contributed by atoms with Crippen LogP contribution in [0.4, 0.5) is 0 Å². The smallest absolute Gasteiger partial charge is 0.473 e. The van der Waals surface area contributed by atoms with Crippen LogP contribution < -0.4 is 18.9 Å². The molecule has 0 bridgehead atoms. The summed E-state index contributed by atoms with van der Waals surface area (Å²) < 4.78 is 0. The van der Waals surface area contributed by atoms with E-state index in [0.29, 0.717) is 0 Å². The zero-order valence-electron chi connectivity index (χ0n) is 8.04. The van der Waals surface area contributed by atoms with Gasteiger partial charge in [-0.25, -0.2) is 9.59 Å². The van der Waals surface area contributed by atoms with Crippen LogP contribution in [-0.2, 0) is 9.59 Å². The first-order chi connectivity index (χ1) is 5.79. The molecule has 0 amide bonds. The third-order valence-corrected chi connectivity index (χ3v) is 0.183. The van der Waals surface area contributed by atoms with Gasteiger partial charge in [-0.15, -0.1) is 0 Å². The fourth-order valence-corrected chi connectivity index (χ4v) is 0. The van der Waals surface area contributed by atoms with E-state index in [-0.39, 0.29) is 18.9 Å². The molecule has 0 rings (SSSR count). The van der Waals surface area contributed by atoms with E-state index >= 15 is 0 Å². The average Bonchev–Trinajstić information content (AvgIpc) is 1.87. The molecular weight excluding hydrogens is 190 g/mol. The van der Waals surface area contributed by atoms with E-state index in [1.807, 2.05) is 6.92 Å². The van der Waals surface area contributed by atoms with Crippen LogP contribution in [0.1, 0.15) is 13.3 Å². The van der Waals surface area contributed by atoms with E-state index in [4.69, 9.17) is 34.9 Å². The van der Waals surface area contributed by atoms with E-state index in [0.717, 1.165) is 6.42 Å². The Morgan fingerprint density at radius 2 is 1.21 bits per heavy atom. The summed E-state index contributed by atoms with van der Waals surface area (Å²) in [5.74, 6) is -3.65. The molecule has 0 saturated heterocycles. The second-order valence-corrected chi connectivity index (χ2v) is 1.46. The van der Waals surface area contributed by atoms with Gasteiger partial charge in [0.15, 0.2) is 0 Å². The van der Waals surface area contributed by atoms with Crippen molar-refractivity contribution in [1.29, 1.82) is 0 Å². The number of aliphatic carboxylic acids is 2. The Balaban J connectivity index is -0.0000000553. The summed E-state index contributed by atoms with van der Waals surface area (Å²) in [5.41, 5.74) is 0. The fourth-order valence-electron chi connectivity index (χ4n) is 0.